The third-order valence-corrected chi connectivity index (χ3v) is 3.97. The summed E-state index contributed by atoms with van der Waals surface area (Å²) in [5, 5.41) is 4.90. The molecule has 0 aromatic heterocycles. The summed E-state index contributed by atoms with van der Waals surface area (Å²) in [7, 11) is 0. The minimum Gasteiger partial charge on any atom is -0.454 e. The van der Waals surface area contributed by atoms with E-state index in [4.69, 9.17) is 27.9 Å². The predicted octanol–water partition coefficient (Wildman–Crippen LogP) is 2.22. The molecule has 0 heterocycles. The maximum atomic E-state index is 11.9. The zero-order valence-electron chi connectivity index (χ0n) is 13.8. The van der Waals surface area contributed by atoms with Gasteiger partial charge in [-0.25, -0.2) is 0 Å². The molecule has 0 aliphatic carbocycles. The van der Waals surface area contributed by atoms with Gasteiger partial charge in [-0.3, -0.25) is 24.5 Å². The molecule has 140 valence electrons. The number of imide groups is 1. The van der Waals surface area contributed by atoms with Crippen molar-refractivity contribution in [2.24, 2.45) is 0 Å². The maximum Gasteiger partial charge on any atom is 0.325 e. The molecule has 0 atom stereocenters. The summed E-state index contributed by atoms with van der Waals surface area (Å²) in [4.78, 5) is 46.9. The number of halogens is 2. The van der Waals surface area contributed by atoms with Gasteiger partial charge in [-0.2, -0.15) is 0 Å². The molecule has 0 saturated carbocycles. The Hall–Kier alpha value is -2.90. The molecule has 2 aromatic rings. The number of hydrogen-bond acceptors (Lipinski definition) is 5. The third-order valence-electron chi connectivity index (χ3n) is 3.23. The molecule has 0 bridgehead atoms. The van der Waals surface area contributed by atoms with Crippen LogP contribution in [0, 0.1) is 0 Å². The molecule has 0 radical (unpaired) electrons. The van der Waals surface area contributed by atoms with Crippen molar-refractivity contribution in [1.29, 1.82) is 0 Å². The van der Waals surface area contributed by atoms with Gasteiger partial charge in [-0.1, -0.05) is 41.4 Å². The standard InChI is InChI=1S/C18H14Cl2N2O5/c19-13-7-6-12(8-14(13)20)17(25)21-9-16(24)27-10-15(23)22-18(26)11-4-2-1-3-5-11/h1-8H,9-10H2,(H,21,25)(H,22,23,26). The molecule has 0 aliphatic rings. The Balaban J connectivity index is 1.74. The van der Waals surface area contributed by atoms with E-state index >= 15 is 0 Å². The van der Waals surface area contributed by atoms with Gasteiger partial charge in [0.2, 0.25) is 0 Å². The molecule has 0 saturated heterocycles. The van der Waals surface area contributed by atoms with Gasteiger partial charge in [-0.15, -0.1) is 0 Å². The Kier molecular flexibility index (Phi) is 7.34. The van der Waals surface area contributed by atoms with E-state index in [9.17, 15) is 19.2 Å². The van der Waals surface area contributed by atoms with Crippen molar-refractivity contribution in [1.82, 2.24) is 10.6 Å². The Bertz CT molecular complexity index is 871. The highest BCUT2D eigenvalue weighted by molar-refractivity contribution is 6.42. The smallest absolute Gasteiger partial charge is 0.325 e. The number of ether oxygens (including phenoxy) is 1. The van der Waals surface area contributed by atoms with E-state index in [-0.39, 0.29) is 10.6 Å². The summed E-state index contributed by atoms with van der Waals surface area (Å²) < 4.78 is 4.70. The van der Waals surface area contributed by atoms with E-state index in [2.05, 4.69) is 10.6 Å². The Morgan fingerprint density at radius 3 is 2.22 bits per heavy atom. The number of amides is 3. The van der Waals surface area contributed by atoms with Gasteiger partial charge in [0.15, 0.2) is 6.61 Å². The number of rotatable bonds is 6. The normalized spacial score (nSPS) is 10.0. The lowest BCUT2D eigenvalue weighted by Crippen LogP contribution is -2.36. The van der Waals surface area contributed by atoms with E-state index in [1.807, 2.05) is 0 Å². The van der Waals surface area contributed by atoms with Crippen molar-refractivity contribution in [3.8, 4) is 0 Å². The van der Waals surface area contributed by atoms with Crippen LogP contribution in [0.3, 0.4) is 0 Å². The first-order valence-corrected chi connectivity index (χ1v) is 8.40. The van der Waals surface area contributed by atoms with Crippen molar-refractivity contribution < 1.29 is 23.9 Å². The lowest BCUT2D eigenvalue weighted by atomic mass is 10.2. The summed E-state index contributed by atoms with van der Waals surface area (Å²) in [5.41, 5.74) is 0.509. The second kappa shape index (κ2) is 9.70. The summed E-state index contributed by atoms with van der Waals surface area (Å²) in [6.45, 7) is -1.11. The number of esters is 1. The van der Waals surface area contributed by atoms with Gasteiger partial charge in [0, 0.05) is 11.1 Å². The van der Waals surface area contributed by atoms with Gasteiger partial charge in [-0.05, 0) is 30.3 Å². The monoisotopic (exact) mass is 408 g/mol. The quantitative estimate of drug-likeness (QED) is 0.713. The summed E-state index contributed by atoms with van der Waals surface area (Å²) in [5.74, 6) is -2.79. The van der Waals surface area contributed by atoms with E-state index in [1.54, 1.807) is 18.2 Å². The molecule has 0 fully saturated rings. The van der Waals surface area contributed by atoms with Crippen LogP contribution in [-0.4, -0.2) is 36.8 Å². The van der Waals surface area contributed by atoms with Crippen LogP contribution in [-0.2, 0) is 14.3 Å². The Morgan fingerprint density at radius 1 is 0.852 bits per heavy atom. The van der Waals surface area contributed by atoms with Crippen molar-refractivity contribution >= 4 is 46.9 Å². The number of hydrogen-bond donors (Lipinski definition) is 2. The molecular weight excluding hydrogens is 395 g/mol. The van der Waals surface area contributed by atoms with E-state index < -0.39 is 36.8 Å². The molecule has 2 N–H and O–H groups in total. The Labute approximate surface area is 164 Å². The van der Waals surface area contributed by atoms with Crippen LogP contribution in [0.2, 0.25) is 10.0 Å². The fraction of sp³-hybridized carbons (Fsp3) is 0.111. The molecule has 7 nitrogen and oxygen atoms in total. The summed E-state index contributed by atoms with van der Waals surface area (Å²) in [6, 6.07) is 12.3. The zero-order valence-corrected chi connectivity index (χ0v) is 15.3. The second-order valence-corrected chi connectivity index (χ2v) is 6.03. The largest absolute Gasteiger partial charge is 0.454 e. The molecule has 2 aromatic carbocycles. The van der Waals surface area contributed by atoms with Crippen molar-refractivity contribution in [2.45, 2.75) is 0 Å². The van der Waals surface area contributed by atoms with Gasteiger partial charge in [0.1, 0.15) is 6.54 Å². The number of benzene rings is 2. The highest BCUT2D eigenvalue weighted by Gasteiger charge is 2.14. The van der Waals surface area contributed by atoms with Gasteiger partial charge in [0.25, 0.3) is 17.7 Å². The van der Waals surface area contributed by atoms with Crippen molar-refractivity contribution in [3.63, 3.8) is 0 Å². The van der Waals surface area contributed by atoms with Crippen LogP contribution in [0.25, 0.3) is 0 Å². The minimum absolute atomic E-state index is 0.201. The first kappa shape index (κ1) is 20.4. The lowest BCUT2D eigenvalue weighted by molar-refractivity contribution is -0.147. The van der Waals surface area contributed by atoms with Crippen LogP contribution < -0.4 is 10.6 Å². The van der Waals surface area contributed by atoms with Crippen LogP contribution >= 0.6 is 23.2 Å². The van der Waals surface area contributed by atoms with Crippen molar-refractivity contribution in [2.75, 3.05) is 13.2 Å². The number of carbonyl (C=O) groups excluding carboxylic acids is 4. The fourth-order valence-corrected chi connectivity index (χ4v) is 2.21. The maximum absolute atomic E-state index is 11.9. The minimum atomic E-state index is -0.842. The summed E-state index contributed by atoms with van der Waals surface area (Å²) >= 11 is 11.6. The first-order chi connectivity index (χ1) is 12.9. The van der Waals surface area contributed by atoms with Gasteiger partial charge in [0.05, 0.1) is 10.0 Å². The topological polar surface area (TPSA) is 102 Å². The molecular formula is C18H14Cl2N2O5. The molecule has 27 heavy (non-hydrogen) atoms. The van der Waals surface area contributed by atoms with Gasteiger partial charge < -0.3 is 10.1 Å². The van der Waals surface area contributed by atoms with Crippen LogP contribution in [0.4, 0.5) is 0 Å². The Morgan fingerprint density at radius 2 is 1.56 bits per heavy atom. The number of carbonyl (C=O) groups is 4. The average Bonchev–Trinajstić information content (AvgIpc) is 2.67. The first-order valence-electron chi connectivity index (χ1n) is 7.65. The van der Waals surface area contributed by atoms with E-state index in [1.165, 1.54) is 30.3 Å². The molecule has 2 rings (SSSR count). The van der Waals surface area contributed by atoms with Crippen molar-refractivity contribution in [3.05, 3.63) is 69.7 Å². The zero-order chi connectivity index (χ0) is 19.8. The molecule has 3 amide bonds. The van der Waals surface area contributed by atoms with Crippen LogP contribution in [0.5, 0.6) is 0 Å². The lowest BCUT2D eigenvalue weighted by Gasteiger charge is -2.07. The van der Waals surface area contributed by atoms with E-state index in [0.29, 0.717) is 10.6 Å². The van der Waals surface area contributed by atoms with Crippen LogP contribution in [0.1, 0.15) is 20.7 Å². The number of nitrogens with one attached hydrogen (secondary N) is 2. The SMILES string of the molecule is O=C(COC(=O)CNC(=O)c1ccc(Cl)c(Cl)c1)NC(=O)c1ccccc1. The fourth-order valence-electron chi connectivity index (χ4n) is 1.91. The highest BCUT2D eigenvalue weighted by Crippen LogP contribution is 2.22. The second-order valence-electron chi connectivity index (χ2n) is 5.22. The highest BCUT2D eigenvalue weighted by atomic mass is 35.5. The average molecular weight is 409 g/mol. The van der Waals surface area contributed by atoms with Gasteiger partial charge >= 0.3 is 5.97 Å². The predicted molar refractivity (Wildman–Crippen MR) is 98.7 cm³/mol. The summed E-state index contributed by atoms with van der Waals surface area (Å²) in [6.07, 6.45) is 0. The molecule has 0 aliphatic heterocycles. The molecule has 9 heteroatoms. The van der Waals surface area contributed by atoms with E-state index in [0.717, 1.165) is 0 Å². The molecule has 0 unspecified atom stereocenters. The van der Waals surface area contributed by atoms with Crippen LogP contribution in [0.15, 0.2) is 48.5 Å². The third kappa shape index (κ3) is 6.40. The molecule has 0 spiro atoms.